The summed E-state index contributed by atoms with van der Waals surface area (Å²) in [6.07, 6.45) is 3.75. The first-order chi connectivity index (χ1) is 35.7. The molecule has 0 unspecified atom stereocenters. The molecule has 0 N–H and O–H groups in total. The van der Waals surface area contributed by atoms with Crippen molar-refractivity contribution >= 4 is 105 Å². The van der Waals surface area contributed by atoms with Crippen LogP contribution in [0.2, 0.25) is 0 Å². The number of benzene rings is 10. The van der Waals surface area contributed by atoms with Gasteiger partial charge in [-0.15, -0.1) is 0 Å². The zero-order valence-corrected chi connectivity index (χ0v) is 39.1. The van der Waals surface area contributed by atoms with Gasteiger partial charge in [0.05, 0.1) is 38.8 Å². The summed E-state index contributed by atoms with van der Waals surface area (Å²) in [6, 6.07) is 82.5. The average molecular weight is 922 g/mol. The third-order valence-corrected chi connectivity index (χ3v) is 14.7. The van der Waals surface area contributed by atoms with E-state index in [1.807, 2.05) is 0 Å². The van der Waals surface area contributed by atoms with Gasteiger partial charge >= 0.3 is 0 Å². The topological polar surface area (TPSA) is 52.6 Å². The Hall–Kier alpha value is -9.52. The van der Waals surface area contributed by atoms with Crippen LogP contribution in [-0.2, 0) is 0 Å². The molecule has 0 saturated heterocycles. The number of para-hydroxylation sites is 5. The van der Waals surface area contributed by atoms with Gasteiger partial charge in [0.15, 0.2) is 5.84 Å². The van der Waals surface area contributed by atoms with Crippen molar-refractivity contribution in [2.24, 2.45) is 9.98 Å². The minimum Gasteiger partial charge on any atom is -0.456 e. The monoisotopic (exact) mass is 921 g/mol. The van der Waals surface area contributed by atoms with Crippen LogP contribution in [0.5, 0.6) is 0 Å². The molecular weight excluding hydrogens is 879 g/mol. The van der Waals surface area contributed by atoms with Crippen molar-refractivity contribution in [3.05, 3.63) is 248 Å². The SMILES string of the molecule is C1=C(n2c3ccccc3c3ccccc32)/N=C(c2ccc3c(c2)oc2cccc(-c4ccccc4)c23)\N=C(\c2cccc(-n3c4ccccc4c4cc5c(cc43)c3ccccc3n5-c3ccccc3)c2)CC\1. The van der Waals surface area contributed by atoms with E-state index < -0.39 is 0 Å². The van der Waals surface area contributed by atoms with Crippen molar-refractivity contribution in [3.63, 3.8) is 0 Å². The van der Waals surface area contributed by atoms with E-state index in [4.69, 9.17) is 14.4 Å². The Labute approximate surface area is 414 Å². The number of amidine groups is 1. The number of hydrogen-bond acceptors (Lipinski definition) is 3. The zero-order valence-electron chi connectivity index (χ0n) is 39.1. The van der Waals surface area contributed by atoms with Crippen LogP contribution >= 0.6 is 0 Å². The van der Waals surface area contributed by atoms with Crippen LogP contribution in [0, 0.1) is 0 Å². The molecule has 14 aromatic rings. The standard InChI is InChI=1S/C66H43N5O/c1-3-18-42(19-4-1)47-28-16-34-62-65(47)52-37-36-44(39-63(52)72-62)66-67-55(29-17-35-64(68-66)71-58-32-13-7-24-48(58)49-25-8-14-33-59(49)71)43-20-15-23-46(38-43)70-57-31-12-10-27-51(57)54-40-60-53(41-61(54)70)50-26-9-11-30-56(50)69(60)45-21-5-2-6-22-45/h1-16,18-28,30-41H,17,29H2/b64-35+,67-55+,68-66-. The maximum Gasteiger partial charge on any atom is 0.161 e. The van der Waals surface area contributed by atoms with Crippen LogP contribution in [0.25, 0.3) is 116 Å². The number of aromatic nitrogens is 3. The van der Waals surface area contributed by atoms with Crippen molar-refractivity contribution < 1.29 is 4.42 Å². The molecule has 338 valence electrons. The second-order valence-electron chi connectivity index (χ2n) is 18.8. The molecule has 0 amide bonds. The van der Waals surface area contributed by atoms with Crippen LogP contribution in [-0.4, -0.2) is 25.2 Å². The summed E-state index contributed by atoms with van der Waals surface area (Å²) in [5, 5.41) is 9.41. The number of hydrogen-bond donors (Lipinski definition) is 0. The second-order valence-corrected chi connectivity index (χ2v) is 18.8. The normalized spacial score (nSPS) is 15.6. The Balaban J connectivity index is 0.918. The number of allylic oxidation sites excluding steroid dienone is 1. The van der Waals surface area contributed by atoms with E-state index >= 15 is 0 Å². The molecule has 6 nitrogen and oxygen atoms in total. The summed E-state index contributed by atoms with van der Waals surface area (Å²) in [5.41, 5.74) is 16.0. The summed E-state index contributed by atoms with van der Waals surface area (Å²) < 4.78 is 13.8. The number of aliphatic imine (C=N–C) groups is 2. The van der Waals surface area contributed by atoms with Crippen LogP contribution in [0.4, 0.5) is 0 Å². The Morgan fingerprint density at radius 2 is 0.889 bits per heavy atom. The third-order valence-electron chi connectivity index (χ3n) is 14.7. The van der Waals surface area contributed by atoms with Crippen molar-refractivity contribution in [1.29, 1.82) is 0 Å². The van der Waals surface area contributed by atoms with E-state index in [9.17, 15) is 0 Å². The molecule has 4 aromatic heterocycles. The molecule has 1 aliphatic rings. The van der Waals surface area contributed by atoms with Gasteiger partial charge in [0.2, 0.25) is 0 Å². The van der Waals surface area contributed by atoms with E-state index in [0.717, 1.165) is 95.6 Å². The first kappa shape index (κ1) is 40.4. The predicted octanol–water partition coefficient (Wildman–Crippen LogP) is 17.1. The molecule has 0 spiro atoms. The van der Waals surface area contributed by atoms with Gasteiger partial charge in [0.1, 0.15) is 17.0 Å². The van der Waals surface area contributed by atoms with Crippen molar-refractivity contribution in [2.45, 2.75) is 12.8 Å². The predicted molar refractivity (Wildman–Crippen MR) is 300 cm³/mol. The van der Waals surface area contributed by atoms with Crippen molar-refractivity contribution in [3.8, 4) is 22.5 Å². The van der Waals surface area contributed by atoms with Crippen LogP contribution in [0.3, 0.4) is 0 Å². The highest BCUT2D eigenvalue weighted by Gasteiger charge is 2.22. The lowest BCUT2D eigenvalue weighted by molar-refractivity contribution is 0.669. The van der Waals surface area contributed by atoms with Crippen LogP contribution in [0.1, 0.15) is 24.0 Å². The van der Waals surface area contributed by atoms with Gasteiger partial charge in [0.25, 0.3) is 0 Å². The first-order valence-electron chi connectivity index (χ1n) is 24.7. The molecule has 6 heteroatoms. The number of nitrogens with zero attached hydrogens (tertiary/aromatic N) is 5. The van der Waals surface area contributed by atoms with Gasteiger partial charge in [0, 0.05) is 60.0 Å². The molecule has 0 fully saturated rings. The lowest BCUT2D eigenvalue weighted by atomic mass is 9.99. The van der Waals surface area contributed by atoms with Crippen LogP contribution < -0.4 is 0 Å². The van der Waals surface area contributed by atoms with E-state index in [1.54, 1.807) is 0 Å². The Morgan fingerprint density at radius 3 is 1.56 bits per heavy atom. The highest BCUT2D eigenvalue weighted by molar-refractivity contribution is 6.20. The lowest BCUT2D eigenvalue weighted by Crippen LogP contribution is -2.11. The molecule has 1 aliphatic heterocycles. The fraction of sp³-hybridized carbons (Fsp3) is 0.0303. The summed E-state index contributed by atoms with van der Waals surface area (Å²) in [4.78, 5) is 11.2. The minimum atomic E-state index is 0.628. The van der Waals surface area contributed by atoms with E-state index in [2.05, 4.69) is 250 Å². The molecule has 5 heterocycles. The first-order valence-corrected chi connectivity index (χ1v) is 24.7. The molecule has 10 aromatic carbocycles. The summed E-state index contributed by atoms with van der Waals surface area (Å²) in [5.74, 6) is 1.48. The molecule has 0 radical (unpaired) electrons. The Kier molecular flexibility index (Phi) is 8.98. The Morgan fingerprint density at radius 1 is 0.347 bits per heavy atom. The third kappa shape index (κ3) is 6.22. The molecule has 15 rings (SSSR count). The molecule has 0 saturated carbocycles. The van der Waals surface area contributed by atoms with Gasteiger partial charge < -0.3 is 13.6 Å². The van der Waals surface area contributed by atoms with Crippen LogP contribution in [0.15, 0.2) is 251 Å². The lowest BCUT2D eigenvalue weighted by Gasteiger charge is -2.16. The fourth-order valence-electron chi connectivity index (χ4n) is 11.6. The highest BCUT2D eigenvalue weighted by Crippen LogP contribution is 2.41. The van der Waals surface area contributed by atoms with Gasteiger partial charge in [-0.05, 0) is 114 Å². The minimum absolute atomic E-state index is 0.628. The van der Waals surface area contributed by atoms with Gasteiger partial charge in [-0.1, -0.05) is 152 Å². The van der Waals surface area contributed by atoms with Gasteiger partial charge in [-0.2, -0.15) is 0 Å². The molecule has 0 atom stereocenters. The van der Waals surface area contributed by atoms with Crippen molar-refractivity contribution in [2.75, 3.05) is 0 Å². The highest BCUT2D eigenvalue weighted by atomic mass is 16.3. The fourth-order valence-corrected chi connectivity index (χ4v) is 11.6. The largest absolute Gasteiger partial charge is 0.456 e. The number of furan rings is 1. The van der Waals surface area contributed by atoms with Gasteiger partial charge in [-0.3, -0.25) is 4.57 Å². The maximum absolute atomic E-state index is 6.70. The Bertz CT molecular complexity index is 4560. The summed E-state index contributed by atoms with van der Waals surface area (Å²) in [6.45, 7) is 0. The maximum atomic E-state index is 6.70. The molecule has 0 aliphatic carbocycles. The average Bonchev–Trinajstić information content (AvgIpc) is 4.17. The summed E-state index contributed by atoms with van der Waals surface area (Å²) in [7, 11) is 0. The second kappa shape index (κ2) is 16.0. The smallest absolute Gasteiger partial charge is 0.161 e. The van der Waals surface area contributed by atoms with E-state index in [-0.39, 0.29) is 0 Å². The van der Waals surface area contributed by atoms with Gasteiger partial charge in [-0.25, -0.2) is 9.98 Å². The van der Waals surface area contributed by atoms with E-state index in [1.165, 1.54) is 43.4 Å². The zero-order chi connectivity index (χ0) is 47.3. The quantitative estimate of drug-likeness (QED) is 0.164. The molecule has 0 bridgehead atoms. The number of rotatable bonds is 6. The summed E-state index contributed by atoms with van der Waals surface area (Å²) >= 11 is 0. The molecular formula is C66H43N5O. The molecule has 72 heavy (non-hydrogen) atoms. The number of fused-ring (bicyclic) bond motifs is 12. The van der Waals surface area contributed by atoms with E-state index in [0.29, 0.717) is 12.3 Å². The van der Waals surface area contributed by atoms with Crippen molar-refractivity contribution in [1.82, 2.24) is 13.7 Å².